The summed E-state index contributed by atoms with van der Waals surface area (Å²) >= 11 is 0. The molecular formula is C12H20O2. The van der Waals surface area contributed by atoms with Crippen LogP contribution >= 0.6 is 0 Å². The first-order valence-electron chi connectivity index (χ1n) is 4.93. The van der Waals surface area contributed by atoms with Crippen LogP contribution in [0.15, 0.2) is 18.2 Å². The van der Waals surface area contributed by atoms with Gasteiger partial charge in [-0.15, -0.1) is 0 Å². The maximum absolute atomic E-state index is 5.32. The fraction of sp³-hybridized carbons (Fsp3) is 0.500. The standard InChI is InChI=1S/C10H14O2.C2H6/c1-8-4-5-10(9(2)6-8)12-7-11-3;1-2/h4-6H,7H2,1-3H3;1-2H3. The quantitative estimate of drug-likeness (QED) is 0.690. The zero-order valence-electron chi connectivity index (χ0n) is 9.76. The number of aryl methyl sites for hydroxylation is 2. The fourth-order valence-electron chi connectivity index (χ4n) is 1.08. The molecular weight excluding hydrogens is 176 g/mol. The average molecular weight is 196 g/mol. The summed E-state index contributed by atoms with van der Waals surface area (Å²) in [5.74, 6) is 0.891. The van der Waals surface area contributed by atoms with Crippen molar-refractivity contribution in [1.82, 2.24) is 0 Å². The third kappa shape index (κ3) is 4.28. The minimum atomic E-state index is 0.309. The maximum atomic E-state index is 5.32. The van der Waals surface area contributed by atoms with E-state index in [1.807, 2.05) is 32.9 Å². The molecule has 1 rings (SSSR count). The fourth-order valence-corrected chi connectivity index (χ4v) is 1.08. The van der Waals surface area contributed by atoms with E-state index in [9.17, 15) is 0 Å². The van der Waals surface area contributed by atoms with E-state index in [2.05, 4.69) is 13.0 Å². The number of hydrogen-bond donors (Lipinski definition) is 0. The van der Waals surface area contributed by atoms with Crippen molar-refractivity contribution >= 4 is 0 Å². The Morgan fingerprint density at radius 2 is 1.79 bits per heavy atom. The Morgan fingerprint density at radius 3 is 2.29 bits per heavy atom. The third-order valence-electron chi connectivity index (χ3n) is 1.66. The van der Waals surface area contributed by atoms with Gasteiger partial charge in [-0.2, -0.15) is 0 Å². The second-order valence-electron chi connectivity index (χ2n) is 2.82. The molecule has 0 bridgehead atoms. The van der Waals surface area contributed by atoms with Crippen LogP contribution in [0.1, 0.15) is 25.0 Å². The Labute approximate surface area is 86.9 Å². The van der Waals surface area contributed by atoms with Crippen LogP contribution in [0.25, 0.3) is 0 Å². The van der Waals surface area contributed by atoms with E-state index < -0.39 is 0 Å². The molecule has 1 aromatic carbocycles. The maximum Gasteiger partial charge on any atom is 0.188 e. The average Bonchev–Trinajstić information content (AvgIpc) is 2.20. The zero-order valence-corrected chi connectivity index (χ0v) is 9.76. The van der Waals surface area contributed by atoms with Crippen LogP contribution in [0.3, 0.4) is 0 Å². The topological polar surface area (TPSA) is 18.5 Å². The van der Waals surface area contributed by atoms with Gasteiger partial charge in [-0.1, -0.05) is 31.5 Å². The lowest BCUT2D eigenvalue weighted by molar-refractivity contribution is 0.0506. The SMILES string of the molecule is CC.COCOc1ccc(C)cc1C. The van der Waals surface area contributed by atoms with Crippen molar-refractivity contribution < 1.29 is 9.47 Å². The third-order valence-corrected chi connectivity index (χ3v) is 1.66. The van der Waals surface area contributed by atoms with E-state index in [0.29, 0.717) is 6.79 Å². The first kappa shape index (κ1) is 13.0. The van der Waals surface area contributed by atoms with E-state index >= 15 is 0 Å². The van der Waals surface area contributed by atoms with Crippen LogP contribution in [0.2, 0.25) is 0 Å². The van der Waals surface area contributed by atoms with E-state index in [4.69, 9.17) is 9.47 Å². The van der Waals surface area contributed by atoms with Crippen LogP contribution < -0.4 is 4.74 Å². The normalized spacial score (nSPS) is 8.93. The molecule has 0 spiro atoms. The van der Waals surface area contributed by atoms with E-state index in [-0.39, 0.29) is 0 Å². The van der Waals surface area contributed by atoms with Gasteiger partial charge in [-0.05, 0) is 25.5 Å². The molecule has 0 aromatic heterocycles. The second kappa shape index (κ2) is 7.39. The minimum Gasteiger partial charge on any atom is -0.467 e. The number of benzene rings is 1. The molecule has 0 N–H and O–H groups in total. The van der Waals surface area contributed by atoms with Gasteiger partial charge >= 0.3 is 0 Å². The number of ether oxygens (including phenoxy) is 2. The largest absolute Gasteiger partial charge is 0.467 e. The molecule has 0 fully saturated rings. The monoisotopic (exact) mass is 196 g/mol. The van der Waals surface area contributed by atoms with Crippen molar-refractivity contribution in [2.24, 2.45) is 0 Å². The van der Waals surface area contributed by atoms with Crippen molar-refractivity contribution in [3.63, 3.8) is 0 Å². The lowest BCUT2D eigenvalue weighted by atomic mass is 10.1. The number of rotatable bonds is 3. The van der Waals surface area contributed by atoms with Gasteiger partial charge in [-0.3, -0.25) is 0 Å². The smallest absolute Gasteiger partial charge is 0.188 e. The van der Waals surface area contributed by atoms with Crippen LogP contribution in [0.5, 0.6) is 5.75 Å². The summed E-state index contributed by atoms with van der Waals surface area (Å²) in [6, 6.07) is 6.08. The summed E-state index contributed by atoms with van der Waals surface area (Å²) in [5, 5.41) is 0. The lowest BCUT2D eigenvalue weighted by Crippen LogP contribution is -2.00. The van der Waals surface area contributed by atoms with Gasteiger partial charge in [0.2, 0.25) is 0 Å². The van der Waals surface area contributed by atoms with Crippen LogP contribution in [0, 0.1) is 13.8 Å². The highest BCUT2D eigenvalue weighted by molar-refractivity contribution is 5.35. The molecule has 14 heavy (non-hydrogen) atoms. The van der Waals surface area contributed by atoms with Gasteiger partial charge in [0.1, 0.15) is 5.75 Å². The Bertz CT molecular complexity index is 256. The van der Waals surface area contributed by atoms with Gasteiger partial charge in [0.25, 0.3) is 0 Å². The molecule has 0 amide bonds. The van der Waals surface area contributed by atoms with Gasteiger partial charge < -0.3 is 9.47 Å². The van der Waals surface area contributed by atoms with Crippen LogP contribution in [0.4, 0.5) is 0 Å². The van der Waals surface area contributed by atoms with Crippen LogP contribution in [-0.4, -0.2) is 13.9 Å². The molecule has 0 atom stereocenters. The second-order valence-corrected chi connectivity index (χ2v) is 2.82. The van der Waals surface area contributed by atoms with E-state index in [1.165, 1.54) is 5.56 Å². The van der Waals surface area contributed by atoms with E-state index in [0.717, 1.165) is 11.3 Å². The van der Waals surface area contributed by atoms with Gasteiger partial charge in [0, 0.05) is 7.11 Å². The Kier molecular flexibility index (Phi) is 6.85. The highest BCUT2D eigenvalue weighted by atomic mass is 16.7. The molecule has 0 aliphatic rings. The van der Waals surface area contributed by atoms with E-state index in [1.54, 1.807) is 7.11 Å². The van der Waals surface area contributed by atoms with Gasteiger partial charge in [-0.25, -0.2) is 0 Å². The first-order chi connectivity index (χ1) is 6.74. The molecule has 0 aliphatic carbocycles. The molecule has 2 heteroatoms. The van der Waals surface area contributed by atoms with Crippen molar-refractivity contribution in [2.45, 2.75) is 27.7 Å². The molecule has 0 radical (unpaired) electrons. The number of hydrogen-bond acceptors (Lipinski definition) is 2. The van der Waals surface area contributed by atoms with Crippen molar-refractivity contribution in [3.8, 4) is 5.75 Å². The van der Waals surface area contributed by atoms with Crippen molar-refractivity contribution in [3.05, 3.63) is 29.3 Å². The van der Waals surface area contributed by atoms with Crippen molar-refractivity contribution in [2.75, 3.05) is 13.9 Å². The minimum absolute atomic E-state index is 0.309. The van der Waals surface area contributed by atoms with Crippen molar-refractivity contribution in [1.29, 1.82) is 0 Å². The Hall–Kier alpha value is -1.02. The molecule has 2 nitrogen and oxygen atoms in total. The zero-order chi connectivity index (χ0) is 11.0. The first-order valence-corrected chi connectivity index (χ1v) is 4.93. The molecule has 0 unspecified atom stereocenters. The number of methoxy groups -OCH3 is 1. The summed E-state index contributed by atoms with van der Waals surface area (Å²) in [7, 11) is 1.61. The predicted molar refractivity (Wildman–Crippen MR) is 59.8 cm³/mol. The Morgan fingerprint density at radius 1 is 1.14 bits per heavy atom. The van der Waals surface area contributed by atoms with Gasteiger partial charge in [0.05, 0.1) is 0 Å². The highest BCUT2D eigenvalue weighted by Crippen LogP contribution is 2.18. The predicted octanol–water partition coefficient (Wildman–Crippen LogP) is 3.31. The Balaban J connectivity index is 0.000000791. The summed E-state index contributed by atoms with van der Waals surface area (Å²) in [5.41, 5.74) is 2.39. The molecule has 1 aromatic rings. The summed E-state index contributed by atoms with van der Waals surface area (Å²) < 4.78 is 10.1. The van der Waals surface area contributed by atoms with Crippen LogP contribution in [-0.2, 0) is 4.74 Å². The molecule has 0 aliphatic heterocycles. The molecule has 0 saturated carbocycles. The summed E-state index contributed by atoms with van der Waals surface area (Å²) in [4.78, 5) is 0. The summed E-state index contributed by atoms with van der Waals surface area (Å²) in [6.45, 7) is 8.40. The molecule has 0 heterocycles. The molecule has 0 saturated heterocycles. The highest BCUT2D eigenvalue weighted by Gasteiger charge is 1.97. The van der Waals surface area contributed by atoms with Gasteiger partial charge in [0.15, 0.2) is 6.79 Å². The lowest BCUT2D eigenvalue weighted by Gasteiger charge is -2.07. The summed E-state index contributed by atoms with van der Waals surface area (Å²) in [6.07, 6.45) is 0. The molecule has 80 valence electrons.